The van der Waals surface area contributed by atoms with Gasteiger partial charge < -0.3 is 9.72 Å². The molecule has 2 atom stereocenters. The van der Waals surface area contributed by atoms with Crippen LogP contribution < -0.4 is 5.56 Å². The second-order valence-corrected chi connectivity index (χ2v) is 9.82. The summed E-state index contributed by atoms with van der Waals surface area (Å²) in [7, 11) is 0. The van der Waals surface area contributed by atoms with E-state index < -0.39 is 0 Å². The minimum absolute atomic E-state index is 0.0268. The van der Waals surface area contributed by atoms with Crippen molar-refractivity contribution in [2.24, 2.45) is 0 Å². The SMILES string of the molecule is CCC(c1nnnn1C(C)(C)C)N(Cc1cc2cc(C)ccc2[nH]c1=O)CC1CCCO1. The van der Waals surface area contributed by atoms with E-state index in [2.05, 4.69) is 66.1 Å². The number of hydrogen-bond acceptors (Lipinski definition) is 6. The first kappa shape index (κ1) is 22.6. The van der Waals surface area contributed by atoms with E-state index in [1.807, 2.05) is 22.9 Å². The average Bonchev–Trinajstić information content (AvgIpc) is 3.41. The fraction of sp³-hybridized carbons (Fsp3) is 0.583. The molecule has 172 valence electrons. The molecule has 2 unspecified atom stereocenters. The lowest BCUT2D eigenvalue weighted by Gasteiger charge is -2.33. The number of aromatic nitrogens is 5. The predicted octanol–water partition coefficient (Wildman–Crippen LogP) is 3.71. The summed E-state index contributed by atoms with van der Waals surface area (Å²) in [5, 5.41) is 13.7. The van der Waals surface area contributed by atoms with Gasteiger partial charge in [0.25, 0.3) is 5.56 Å². The van der Waals surface area contributed by atoms with E-state index in [9.17, 15) is 4.79 Å². The van der Waals surface area contributed by atoms with Crippen LogP contribution in [0.5, 0.6) is 0 Å². The maximum Gasteiger partial charge on any atom is 0.252 e. The Morgan fingerprint density at radius 2 is 2.12 bits per heavy atom. The topological polar surface area (TPSA) is 88.9 Å². The van der Waals surface area contributed by atoms with Crippen LogP contribution in [-0.2, 0) is 16.8 Å². The number of benzene rings is 1. The van der Waals surface area contributed by atoms with Crippen molar-refractivity contribution >= 4 is 10.9 Å². The lowest BCUT2D eigenvalue weighted by atomic mass is 10.0. The third-order valence-corrected chi connectivity index (χ3v) is 6.17. The van der Waals surface area contributed by atoms with E-state index in [0.717, 1.165) is 54.7 Å². The number of fused-ring (bicyclic) bond motifs is 1. The van der Waals surface area contributed by atoms with E-state index in [0.29, 0.717) is 6.54 Å². The molecule has 8 nitrogen and oxygen atoms in total. The van der Waals surface area contributed by atoms with Crippen LogP contribution >= 0.6 is 0 Å². The minimum atomic E-state index is -0.236. The third kappa shape index (κ3) is 4.76. The summed E-state index contributed by atoms with van der Waals surface area (Å²) in [5.41, 5.74) is 2.49. The van der Waals surface area contributed by atoms with Gasteiger partial charge in [0.1, 0.15) is 0 Å². The van der Waals surface area contributed by atoms with E-state index in [-0.39, 0.29) is 23.2 Å². The fourth-order valence-corrected chi connectivity index (χ4v) is 4.54. The number of aromatic amines is 1. The first-order chi connectivity index (χ1) is 15.3. The Morgan fingerprint density at radius 3 is 2.81 bits per heavy atom. The molecule has 8 heteroatoms. The average molecular weight is 439 g/mol. The highest BCUT2D eigenvalue weighted by Crippen LogP contribution is 2.29. The zero-order chi connectivity index (χ0) is 22.9. The van der Waals surface area contributed by atoms with Crippen LogP contribution in [-0.4, -0.2) is 49.3 Å². The first-order valence-electron chi connectivity index (χ1n) is 11.5. The molecule has 3 heterocycles. The Labute approximate surface area is 189 Å². The fourth-order valence-electron chi connectivity index (χ4n) is 4.54. The molecule has 0 amide bonds. The molecule has 0 aliphatic carbocycles. The number of nitrogens with zero attached hydrogens (tertiary/aromatic N) is 5. The van der Waals surface area contributed by atoms with Crippen LogP contribution in [0.25, 0.3) is 10.9 Å². The molecule has 1 aliphatic heterocycles. The summed E-state index contributed by atoms with van der Waals surface area (Å²) >= 11 is 0. The highest BCUT2D eigenvalue weighted by molar-refractivity contribution is 5.79. The van der Waals surface area contributed by atoms with Crippen molar-refractivity contribution in [2.45, 2.75) is 78.1 Å². The third-order valence-electron chi connectivity index (χ3n) is 6.17. The van der Waals surface area contributed by atoms with Gasteiger partial charge in [0.2, 0.25) is 0 Å². The van der Waals surface area contributed by atoms with Gasteiger partial charge >= 0.3 is 0 Å². The van der Waals surface area contributed by atoms with E-state index in [1.54, 1.807) is 0 Å². The van der Waals surface area contributed by atoms with Gasteiger partial charge in [0.15, 0.2) is 5.82 Å². The number of nitrogens with one attached hydrogen (secondary N) is 1. The Kier molecular flexibility index (Phi) is 6.44. The van der Waals surface area contributed by atoms with E-state index in [4.69, 9.17) is 4.74 Å². The highest BCUT2D eigenvalue weighted by Gasteiger charge is 2.31. The number of ether oxygens (including phenoxy) is 1. The summed E-state index contributed by atoms with van der Waals surface area (Å²) < 4.78 is 7.86. The lowest BCUT2D eigenvalue weighted by molar-refractivity contribution is 0.0478. The number of aryl methyl sites for hydroxylation is 1. The second-order valence-electron chi connectivity index (χ2n) is 9.82. The van der Waals surface area contributed by atoms with Crippen molar-refractivity contribution in [1.29, 1.82) is 0 Å². The summed E-state index contributed by atoms with van der Waals surface area (Å²) in [6.07, 6.45) is 3.09. The molecule has 0 bridgehead atoms. The second kappa shape index (κ2) is 9.11. The maximum absolute atomic E-state index is 13.0. The van der Waals surface area contributed by atoms with Crippen LogP contribution in [0, 0.1) is 6.92 Å². The van der Waals surface area contributed by atoms with Crippen LogP contribution in [0.1, 0.15) is 70.0 Å². The molecular formula is C24H34N6O2. The van der Waals surface area contributed by atoms with Gasteiger partial charge in [-0.3, -0.25) is 9.69 Å². The van der Waals surface area contributed by atoms with Gasteiger partial charge in [-0.05, 0) is 81.0 Å². The highest BCUT2D eigenvalue weighted by atomic mass is 16.5. The van der Waals surface area contributed by atoms with Gasteiger partial charge in [-0.15, -0.1) is 5.10 Å². The van der Waals surface area contributed by atoms with Gasteiger partial charge in [-0.2, -0.15) is 0 Å². The molecule has 2 aromatic heterocycles. The number of rotatable bonds is 7. The predicted molar refractivity (Wildman–Crippen MR) is 125 cm³/mol. The molecule has 4 rings (SSSR count). The molecule has 0 radical (unpaired) electrons. The van der Waals surface area contributed by atoms with Crippen molar-refractivity contribution in [3.05, 3.63) is 51.6 Å². The smallest absolute Gasteiger partial charge is 0.252 e. The molecular weight excluding hydrogens is 404 g/mol. The maximum atomic E-state index is 13.0. The zero-order valence-corrected chi connectivity index (χ0v) is 19.8. The first-order valence-corrected chi connectivity index (χ1v) is 11.5. The summed E-state index contributed by atoms with van der Waals surface area (Å²) in [5.74, 6) is 0.825. The quantitative estimate of drug-likeness (QED) is 0.605. The Balaban J connectivity index is 1.72. The summed E-state index contributed by atoms with van der Waals surface area (Å²) in [4.78, 5) is 18.3. The Bertz CT molecular complexity index is 1120. The summed E-state index contributed by atoms with van der Waals surface area (Å²) in [6.45, 7) is 12.5. The largest absolute Gasteiger partial charge is 0.377 e. The van der Waals surface area contributed by atoms with Crippen molar-refractivity contribution in [3.63, 3.8) is 0 Å². The van der Waals surface area contributed by atoms with Crippen molar-refractivity contribution in [3.8, 4) is 0 Å². The van der Waals surface area contributed by atoms with Crippen molar-refractivity contribution < 1.29 is 4.74 Å². The number of hydrogen-bond donors (Lipinski definition) is 1. The molecule has 1 N–H and O–H groups in total. The van der Waals surface area contributed by atoms with E-state index >= 15 is 0 Å². The minimum Gasteiger partial charge on any atom is -0.377 e. The van der Waals surface area contributed by atoms with Crippen LogP contribution in [0.3, 0.4) is 0 Å². The summed E-state index contributed by atoms with van der Waals surface area (Å²) in [6, 6.07) is 8.08. The normalized spacial score (nSPS) is 18.0. The van der Waals surface area contributed by atoms with E-state index in [1.165, 1.54) is 5.56 Å². The number of H-pyrrole nitrogens is 1. The van der Waals surface area contributed by atoms with Crippen LogP contribution in [0.4, 0.5) is 0 Å². The van der Waals surface area contributed by atoms with Crippen molar-refractivity contribution in [1.82, 2.24) is 30.1 Å². The number of pyridine rings is 1. The van der Waals surface area contributed by atoms with Crippen LogP contribution in [0.15, 0.2) is 29.1 Å². The van der Waals surface area contributed by atoms with Crippen molar-refractivity contribution in [2.75, 3.05) is 13.2 Å². The van der Waals surface area contributed by atoms with Crippen LogP contribution in [0.2, 0.25) is 0 Å². The molecule has 1 aromatic carbocycles. The molecule has 1 fully saturated rings. The molecule has 0 spiro atoms. The molecule has 0 saturated carbocycles. The molecule has 3 aromatic rings. The lowest BCUT2D eigenvalue weighted by Crippen LogP contribution is -2.39. The Hall–Kier alpha value is -2.58. The molecule has 32 heavy (non-hydrogen) atoms. The molecule has 1 aliphatic rings. The van der Waals surface area contributed by atoms with Gasteiger partial charge in [0, 0.05) is 30.8 Å². The Morgan fingerprint density at radius 1 is 1.31 bits per heavy atom. The monoisotopic (exact) mass is 438 g/mol. The van der Waals surface area contributed by atoms with Gasteiger partial charge in [0.05, 0.1) is 17.7 Å². The molecule has 1 saturated heterocycles. The van der Waals surface area contributed by atoms with Gasteiger partial charge in [-0.1, -0.05) is 18.6 Å². The van der Waals surface area contributed by atoms with Gasteiger partial charge in [-0.25, -0.2) is 4.68 Å². The number of tetrazole rings is 1. The standard InChI is InChI=1S/C24H34N6O2/c1-6-21(22-26-27-28-30(22)24(3,4)5)29(15-19-8-7-11-32-19)14-18-13-17-12-16(2)9-10-20(17)25-23(18)31/h9-10,12-13,19,21H,6-8,11,14-15H2,1-5H3,(H,25,31). The zero-order valence-electron chi connectivity index (χ0n) is 19.8.